The number of nitrogens with zero attached hydrogens (tertiary/aromatic N) is 3. The molecular weight excluding hydrogens is 763 g/mol. The zero-order valence-electron chi connectivity index (χ0n) is 34.7. The second-order valence-electron chi connectivity index (χ2n) is 16.0. The predicted molar refractivity (Wildman–Crippen MR) is 262 cm³/mol. The van der Waals surface area contributed by atoms with Gasteiger partial charge in [-0.2, -0.15) is 0 Å². The molecule has 10 aromatic rings. The summed E-state index contributed by atoms with van der Waals surface area (Å²) in [6.45, 7) is 0. The van der Waals surface area contributed by atoms with E-state index in [9.17, 15) is 0 Å². The lowest BCUT2D eigenvalue weighted by Crippen LogP contribution is -2.37. The number of fused-ring (bicyclic) bond motifs is 2. The maximum Gasteiger partial charge on any atom is 0.0742 e. The highest BCUT2D eigenvalue weighted by molar-refractivity contribution is 5.94. The van der Waals surface area contributed by atoms with E-state index in [1.807, 2.05) is 18.5 Å². The van der Waals surface area contributed by atoms with Gasteiger partial charge in [-0.15, -0.1) is 0 Å². The van der Waals surface area contributed by atoms with E-state index in [2.05, 4.69) is 257 Å². The number of rotatable bonds is 9. The third-order valence-electron chi connectivity index (χ3n) is 12.4. The largest absolute Gasteiger partial charge is 0.310 e. The summed E-state index contributed by atoms with van der Waals surface area (Å²) >= 11 is 0. The van der Waals surface area contributed by atoms with Crippen LogP contribution < -0.4 is 9.80 Å². The van der Waals surface area contributed by atoms with E-state index in [1.165, 1.54) is 33.4 Å². The minimum atomic E-state index is -0.583. The third-order valence-corrected chi connectivity index (χ3v) is 12.4. The van der Waals surface area contributed by atoms with Crippen LogP contribution in [0.15, 0.2) is 261 Å². The maximum atomic E-state index is 4.39. The van der Waals surface area contributed by atoms with E-state index < -0.39 is 5.41 Å². The normalized spacial score (nSPS) is 12.5. The maximum absolute atomic E-state index is 4.39. The second kappa shape index (κ2) is 16.3. The Labute approximate surface area is 369 Å². The standard InChI is InChI=1S/C60H43N3/c1-5-18-44(19-6-1)45-31-36-52(37-32-45)62(53-38-33-46(34-39-53)48-20-17-41-61-43-48)57-29-15-13-27-54(57)47-35-40-56-59(42-47)63(51-25-11-4-12-26-51)58-30-16-14-28-55(58)60(56,49-21-7-2-8-22-49)50-23-9-3-10-24-50/h1-43H. The number of benzene rings is 9. The molecule has 1 aliphatic rings. The highest BCUT2D eigenvalue weighted by Gasteiger charge is 2.46. The van der Waals surface area contributed by atoms with E-state index >= 15 is 0 Å². The molecule has 0 N–H and O–H groups in total. The summed E-state index contributed by atoms with van der Waals surface area (Å²) in [6, 6.07) is 90.2. The molecule has 9 aromatic carbocycles. The molecule has 63 heavy (non-hydrogen) atoms. The summed E-state index contributed by atoms with van der Waals surface area (Å²) < 4.78 is 0. The van der Waals surface area contributed by atoms with Crippen LogP contribution in [0.2, 0.25) is 0 Å². The lowest BCUT2D eigenvalue weighted by atomic mass is 9.62. The lowest BCUT2D eigenvalue weighted by Gasteiger charge is -2.46. The molecule has 0 amide bonds. The van der Waals surface area contributed by atoms with Crippen LogP contribution in [0.5, 0.6) is 0 Å². The molecule has 2 heterocycles. The van der Waals surface area contributed by atoms with E-state index in [4.69, 9.17) is 0 Å². The van der Waals surface area contributed by atoms with Crippen molar-refractivity contribution in [1.82, 2.24) is 4.98 Å². The van der Waals surface area contributed by atoms with Crippen LogP contribution in [-0.2, 0) is 5.41 Å². The Balaban J connectivity index is 1.13. The molecule has 0 fully saturated rings. The highest BCUT2D eigenvalue weighted by atomic mass is 15.2. The fraction of sp³-hybridized carbons (Fsp3) is 0.0167. The fourth-order valence-corrected chi connectivity index (χ4v) is 9.59. The first-order chi connectivity index (χ1) is 31.3. The van der Waals surface area contributed by atoms with Crippen molar-refractivity contribution in [2.45, 2.75) is 5.41 Å². The van der Waals surface area contributed by atoms with Crippen molar-refractivity contribution >= 4 is 34.1 Å². The van der Waals surface area contributed by atoms with Gasteiger partial charge in [0, 0.05) is 35.0 Å². The SMILES string of the molecule is c1ccc(-c2ccc(N(c3ccc(-c4cccnc4)cc3)c3ccccc3-c3ccc4c(c3)N(c3ccccc3)c3ccccc3C4(c3ccccc3)c3ccccc3)cc2)cc1. The number of aromatic nitrogens is 1. The molecule has 0 saturated carbocycles. The van der Waals surface area contributed by atoms with Crippen LogP contribution in [0.3, 0.4) is 0 Å². The third kappa shape index (κ3) is 6.68. The molecule has 0 bridgehead atoms. The van der Waals surface area contributed by atoms with Gasteiger partial charge in [-0.1, -0.05) is 188 Å². The first-order valence-electron chi connectivity index (χ1n) is 21.5. The molecule has 3 nitrogen and oxygen atoms in total. The number of pyridine rings is 1. The molecular formula is C60H43N3. The Hall–Kier alpha value is -8.27. The van der Waals surface area contributed by atoms with Crippen molar-refractivity contribution < 1.29 is 0 Å². The zero-order valence-corrected chi connectivity index (χ0v) is 34.7. The molecule has 1 aromatic heterocycles. The Kier molecular flexibility index (Phi) is 9.76. The number of anilines is 6. The molecule has 298 valence electrons. The molecule has 3 heteroatoms. The minimum Gasteiger partial charge on any atom is -0.310 e. The van der Waals surface area contributed by atoms with Gasteiger partial charge in [-0.3, -0.25) is 4.98 Å². The molecule has 11 rings (SSSR count). The smallest absolute Gasteiger partial charge is 0.0742 e. The Morgan fingerprint density at radius 1 is 0.365 bits per heavy atom. The van der Waals surface area contributed by atoms with Crippen molar-refractivity contribution in [3.8, 4) is 33.4 Å². The number of hydrogen-bond donors (Lipinski definition) is 0. The van der Waals surface area contributed by atoms with Crippen LogP contribution in [0, 0.1) is 0 Å². The summed E-state index contributed by atoms with van der Waals surface area (Å²) in [5.41, 5.74) is 17.8. The van der Waals surface area contributed by atoms with Crippen LogP contribution in [0.1, 0.15) is 22.3 Å². The van der Waals surface area contributed by atoms with Gasteiger partial charge in [0.25, 0.3) is 0 Å². The van der Waals surface area contributed by atoms with Gasteiger partial charge in [0.1, 0.15) is 0 Å². The Morgan fingerprint density at radius 2 is 0.857 bits per heavy atom. The molecule has 1 aliphatic heterocycles. The van der Waals surface area contributed by atoms with Gasteiger partial charge in [0.05, 0.1) is 22.5 Å². The van der Waals surface area contributed by atoms with Crippen LogP contribution in [0.25, 0.3) is 33.4 Å². The van der Waals surface area contributed by atoms with Gasteiger partial charge in [-0.05, 0) is 111 Å². The Bertz CT molecular complexity index is 3010. The van der Waals surface area contributed by atoms with Crippen LogP contribution in [-0.4, -0.2) is 4.98 Å². The van der Waals surface area contributed by atoms with Crippen molar-refractivity contribution in [2.24, 2.45) is 0 Å². The molecule has 0 atom stereocenters. The van der Waals surface area contributed by atoms with Gasteiger partial charge in [-0.25, -0.2) is 0 Å². The summed E-state index contributed by atoms with van der Waals surface area (Å²) in [7, 11) is 0. The summed E-state index contributed by atoms with van der Waals surface area (Å²) in [4.78, 5) is 9.23. The van der Waals surface area contributed by atoms with E-state index in [0.29, 0.717) is 0 Å². The molecule has 0 aliphatic carbocycles. The number of hydrogen-bond acceptors (Lipinski definition) is 3. The minimum absolute atomic E-state index is 0.583. The first kappa shape index (κ1) is 37.7. The monoisotopic (exact) mass is 805 g/mol. The average molecular weight is 806 g/mol. The van der Waals surface area contributed by atoms with Gasteiger partial charge >= 0.3 is 0 Å². The van der Waals surface area contributed by atoms with E-state index in [0.717, 1.165) is 56.4 Å². The molecule has 0 radical (unpaired) electrons. The second-order valence-corrected chi connectivity index (χ2v) is 16.0. The zero-order chi connectivity index (χ0) is 42.0. The molecule has 0 spiro atoms. The fourth-order valence-electron chi connectivity index (χ4n) is 9.59. The van der Waals surface area contributed by atoms with Gasteiger partial charge < -0.3 is 9.80 Å². The van der Waals surface area contributed by atoms with Gasteiger partial charge in [0.2, 0.25) is 0 Å². The van der Waals surface area contributed by atoms with E-state index in [-0.39, 0.29) is 0 Å². The summed E-state index contributed by atoms with van der Waals surface area (Å²) in [5.74, 6) is 0. The highest BCUT2D eigenvalue weighted by Crippen LogP contribution is 2.58. The van der Waals surface area contributed by atoms with E-state index in [1.54, 1.807) is 0 Å². The Morgan fingerprint density at radius 3 is 1.49 bits per heavy atom. The van der Waals surface area contributed by atoms with Crippen molar-refractivity contribution in [2.75, 3.05) is 9.80 Å². The molecule has 0 unspecified atom stereocenters. The summed E-state index contributed by atoms with van der Waals surface area (Å²) in [6.07, 6.45) is 3.74. The van der Waals surface area contributed by atoms with Crippen LogP contribution in [0.4, 0.5) is 34.1 Å². The average Bonchev–Trinajstić information content (AvgIpc) is 3.37. The summed E-state index contributed by atoms with van der Waals surface area (Å²) in [5, 5.41) is 0. The van der Waals surface area contributed by atoms with Crippen molar-refractivity contribution in [3.05, 3.63) is 283 Å². The molecule has 0 saturated heterocycles. The number of para-hydroxylation sites is 3. The quantitative estimate of drug-likeness (QED) is 0.145. The lowest BCUT2D eigenvalue weighted by molar-refractivity contribution is 0.731. The van der Waals surface area contributed by atoms with Crippen LogP contribution >= 0.6 is 0 Å². The van der Waals surface area contributed by atoms with Gasteiger partial charge in [0.15, 0.2) is 0 Å². The predicted octanol–water partition coefficient (Wildman–Crippen LogP) is 15.7. The van der Waals surface area contributed by atoms with Crippen molar-refractivity contribution in [1.29, 1.82) is 0 Å². The topological polar surface area (TPSA) is 19.4 Å². The van der Waals surface area contributed by atoms with Crippen molar-refractivity contribution in [3.63, 3.8) is 0 Å². The first-order valence-corrected chi connectivity index (χ1v) is 21.5.